The van der Waals surface area contributed by atoms with Crippen LogP contribution < -0.4 is 0 Å². The molecule has 0 bridgehead atoms. The van der Waals surface area contributed by atoms with E-state index in [2.05, 4.69) is 12.1 Å². The molecule has 2 amide bonds. The fourth-order valence-corrected chi connectivity index (χ4v) is 3.92. The molecular weight excluding hydrogens is 428 g/mol. The quantitative estimate of drug-likeness (QED) is 0.393. The number of furan rings is 1. The summed E-state index contributed by atoms with van der Waals surface area (Å²) in [5, 5.41) is 0. The monoisotopic (exact) mass is 462 g/mol. The first-order chi connectivity index (χ1) is 16.5. The Morgan fingerprint density at radius 1 is 0.853 bits per heavy atom. The van der Waals surface area contributed by atoms with Gasteiger partial charge in [0.2, 0.25) is 5.91 Å². The van der Waals surface area contributed by atoms with Crippen LogP contribution in [0.1, 0.15) is 39.4 Å². The number of rotatable bonds is 12. The van der Waals surface area contributed by atoms with E-state index >= 15 is 0 Å². The van der Waals surface area contributed by atoms with Crippen LogP contribution in [0.15, 0.2) is 71.1 Å². The van der Waals surface area contributed by atoms with Crippen LogP contribution in [0.5, 0.6) is 0 Å². The zero-order valence-corrected chi connectivity index (χ0v) is 20.3. The van der Waals surface area contributed by atoms with Gasteiger partial charge in [0.15, 0.2) is 0 Å². The summed E-state index contributed by atoms with van der Waals surface area (Å²) in [7, 11) is 1.60. The Labute approximate surface area is 202 Å². The molecule has 6 nitrogen and oxygen atoms in total. The standard InChI is InChI=1S/C28H34N2O4/c1-22-20-26(23(2)34-22)28(32)29(18-19-33-3)17-15-27(31)30(21-25-12-8-5-9-13-25)16-14-24-10-6-4-7-11-24/h4-13,20H,14-19,21H2,1-3H3. The van der Waals surface area contributed by atoms with E-state index in [9.17, 15) is 9.59 Å². The van der Waals surface area contributed by atoms with Crippen LogP contribution in [-0.2, 0) is 22.5 Å². The van der Waals surface area contributed by atoms with Gasteiger partial charge in [-0.15, -0.1) is 0 Å². The zero-order chi connectivity index (χ0) is 24.3. The molecule has 1 heterocycles. The minimum atomic E-state index is -0.141. The highest BCUT2D eigenvalue weighted by atomic mass is 16.5. The van der Waals surface area contributed by atoms with Crippen LogP contribution in [0.3, 0.4) is 0 Å². The van der Waals surface area contributed by atoms with E-state index in [-0.39, 0.29) is 18.2 Å². The fourth-order valence-electron chi connectivity index (χ4n) is 3.92. The van der Waals surface area contributed by atoms with Gasteiger partial charge in [0.1, 0.15) is 11.5 Å². The molecule has 0 N–H and O–H groups in total. The summed E-state index contributed by atoms with van der Waals surface area (Å²) in [5.74, 6) is 1.16. The van der Waals surface area contributed by atoms with E-state index in [0.29, 0.717) is 49.9 Å². The largest absolute Gasteiger partial charge is 0.466 e. The summed E-state index contributed by atoms with van der Waals surface area (Å²) < 4.78 is 10.7. The molecule has 34 heavy (non-hydrogen) atoms. The Morgan fingerprint density at radius 2 is 1.50 bits per heavy atom. The second-order valence-electron chi connectivity index (χ2n) is 8.40. The zero-order valence-electron chi connectivity index (χ0n) is 20.3. The molecule has 0 aliphatic heterocycles. The number of carbonyl (C=O) groups excluding carboxylic acids is 2. The third-order valence-electron chi connectivity index (χ3n) is 5.80. The Kier molecular flexibility index (Phi) is 9.47. The Morgan fingerprint density at radius 3 is 2.09 bits per heavy atom. The summed E-state index contributed by atoms with van der Waals surface area (Å²) >= 11 is 0. The predicted octanol–water partition coefficient (Wildman–Crippen LogP) is 4.65. The molecule has 0 radical (unpaired) electrons. The molecule has 3 aromatic rings. The normalized spacial score (nSPS) is 10.8. The van der Waals surface area contributed by atoms with Crippen molar-refractivity contribution in [3.8, 4) is 0 Å². The maximum atomic E-state index is 13.3. The summed E-state index contributed by atoms with van der Waals surface area (Å²) in [4.78, 5) is 30.0. The molecule has 0 fully saturated rings. The topological polar surface area (TPSA) is 63.0 Å². The lowest BCUT2D eigenvalue weighted by molar-refractivity contribution is -0.132. The number of aryl methyl sites for hydroxylation is 2. The smallest absolute Gasteiger partial charge is 0.257 e. The highest BCUT2D eigenvalue weighted by Crippen LogP contribution is 2.17. The van der Waals surface area contributed by atoms with Gasteiger partial charge in [-0.05, 0) is 37.5 Å². The lowest BCUT2D eigenvalue weighted by Crippen LogP contribution is -2.39. The van der Waals surface area contributed by atoms with Crippen LogP contribution in [-0.4, -0.2) is 55.0 Å². The van der Waals surface area contributed by atoms with Crippen molar-refractivity contribution in [3.63, 3.8) is 0 Å². The van der Waals surface area contributed by atoms with Gasteiger partial charge < -0.3 is 19.0 Å². The molecule has 180 valence electrons. The van der Waals surface area contributed by atoms with Crippen molar-refractivity contribution in [1.82, 2.24) is 9.80 Å². The average molecular weight is 463 g/mol. The Bertz CT molecular complexity index is 1050. The van der Waals surface area contributed by atoms with Crippen molar-refractivity contribution in [2.75, 3.05) is 33.4 Å². The number of hydrogen-bond donors (Lipinski definition) is 0. The van der Waals surface area contributed by atoms with Crippen molar-refractivity contribution in [2.45, 2.75) is 33.2 Å². The minimum absolute atomic E-state index is 0.0232. The number of carbonyl (C=O) groups is 2. The van der Waals surface area contributed by atoms with Crippen LogP contribution in [0.2, 0.25) is 0 Å². The van der Waals surface area contributed by atoms with Crippen molar-refractivity contribution in [1.29, 1.82) is 0 Å². The number of benzene rings is 2. The number of hydrogen-bond acceptors (Lipinski definition) is 4. The molecule has 0 spiro atoms. The van der Waals surface area contributed by atoms with E-state index in [0.717, 1.165) is 12.0 Å². The van der Waals surface area contributed by atoms with E-state index in [1.807, 2.05) is 60.4 Å². The Balaban J connectivity index is 1.69. The van der Waals surface area contributed by atoms with Gasteiger partial charge in [-0.25, -0.2) is 0 Å². The van der Waals surface area contributed by atoms with Gasteiger partial charge in [-0.3, -0.25) is 9.59 Å². The van der Waals surface area contributed by atoms with Crippen LogP contribution in [0.4, 0.5) is 0 Å². The number of methoxy groups -OCH3 is 1. The van der Waals surface area contributed by atoms with Gasteiger partial charge >= 0.3 is 0 Å². The number of nitrogens with zero attached hydrogens (tertiary/aromatic N) is 2. The third kappa shape index (κ3) is 7.32. The molecule has 0 aliphatic rings. The lowest BCUT2D eigenvalue weighted by Gasteiger charge is -2.26. The van der Waals surface area contributed by atoms with Gasteiger partial charge in [0.25, 0.3) is 5.91 Å². The first-order valence-electron chi connectivity index (χ1n) is 11.7. The van der Waals surface area contributed by atoms with E-state index < -0.39 is 0 Å². The molecule has 0 aliphatic carbocycles. The van der Waals surface area contributed by atoms with E-state index in [4.69, 9.17) is 9.15 Å². The van der Waals surface area contributed by atoms with Crippen molar-refractivity contribution < 1.29 is 18.7 Å². The van der Waals surface area contributed by atoms with Crippen LogP contribution in [0.25, 0.3) is 0 Å². The molecule has 2 aromatic carbocycles. The van der Waals surface area contributed by atoms with E-state index in [1.165, 1.54) is 5.56 Å². The highest BCUT2D eigenvalue weighted by Gasteiger charge is 2.22. The third-order valence-corrected chi connectivity index (χ3v) is 5.80. The first-order valence-corrected chi connectivity index (χ1v) is 11.7. The van der Waals surface area contributed by atoms with Crippen molar-refractivity contribution >= 4 is 11.8 Å². The molecule has 1 aromatic heterocycles. The van der Waals surface area contributed by atoms with Crippen molar-refractivity contribution in [3.05, 3.63) is 94.9 Å². The molecule has 0 saturated heterocycles. The van der Waals surface area contributed by atoms with Gasteiger partial charge in [-0.1, -0.05) is 60.7 Å². The Hall–Kier alpha value is -3.38. The van der Waals surface area contributed by atoms with Gasteiger partial charge in [0, 0.05) is 39.7 Å². The number of ether oxygens (including phenoxy) is 1. The molecule has 6 heteroatoms. The van der Waals surface area contributed by atoms with E-state index in [1.54, 1.807) is 25.0 Å². The first kappa shape index (κ1) is 25.2. The predicted molar refractivity (Wildman–Crippen MR) is 133 cm³/mol. The van der Waals surface area contributed by atoms with Crippen molar-refractivity contribution in [2.24, 2.45) is 0 Å². The summed E-state index contributed by atoms with van der Waals surface area (Å²) in [6.07, 6.45) is 1.02. The van der Waals surface area contributed by atoms with Gasteiger partial charge in [0.05, 0.1) is 12.2 Å². The molecule has 3 rings (SSSR count). The average Bonchev–Trinajstić information content (AvgIpc) is 3.20. The highest BCUT2D eigenvalue weighted by molar-refractivity contribution is 5.95. The molecular formula is C28H34N2O4. The second kappa shape index (κ2) is 12.8. The van der Waals surface area contributed by atoms with Crippen LogP contribution >= 0.6 is 0 Å². The molecule has 0 saturated carbocycles. The lowest BCUT2D eigenvalue weighted by atomic mass is 10.1. The van der Waals surface area contributed by atoms with Gasteiger partial charge in [-0.2, -0.15) is 0 Å². The maximum absolute atomic E-state index is 13.3. The summed E-state index contributed by atoms with van der Waals surface area (Å²) in [6.45, 7) is 5.89. The SMILES string of the molecule is COCCN(CCC(=O)N(CCc1ccccc1)Cc1ccccc1)C(=O)c1cc(C)oc1C. The molecule has 0 atom stereocenters. The summed E-state index contributed by atoms with van der Waals surface area (Å²) in [6, 6.07) is 21.9. The fraction of sp³-hybridized carbons (Fsp3) is 0.357. The number of amides is 2. The van der Waals surface area contributed by atoms with Crippen LogP contribution in [0, 0.1) is 13.8 Å². The maximum Gasteiger partial charge on any atom is 0.257 e. The summed E-state index contributed by atoms with van der Waals surface area (Å²) in [5.41, 5.74) is 2.81. The minimum Gasteiger partial charge on any atom is -0.466 e. The molecule has 0 unspecified atom stereocenters. The second-order valence-corrected chi connectivity index (χ2v) is 8.40.